The number of amides is 1. The molecule has 5 heteroatoms. The van der Waals surface area contributed by atoms with Crippen molar-refractivity contribution in [1.29, 1.82) is 0 Å². The number of aliphatic hydroxyl groups is 1. The van der Waals surface area contributed by atoms with Gasteiger partial charge in [0.25, 0.3) is 0 Å². The molecule has 0 bridgehead atoms. The molecule has 1 atom stereocenters. The fraction of sp³-hybridized carbons (Fsp3) is 0.650. The summed E-state index contributed by atoms with van der Waals surface area (Å²) in [5.41, 5.74) is 1.54. The third kappa shape index (κ3) is 4.22. The molecule has 5 nitrogen and oxygen atoms in total. The van der Waals surface area contributed by atoms with E-state index in [9.17, 15) is 9.90 Å². The number of benzene rings is 1. The second-order valence-electron chi connectivity index (χ2n) is 7.53. The Morgan fingerprint density at radius 1 is 1.20 bits per heavy atom. The van der Waals surface area contributed by atoms with Crippen LogP contribution in [-0.4, -0.2) is 67.3 Å². The normalized spacial score (nSPS) is 23.8. The number of hydrogen-bond donors (Lipinski definition) is 1. The van der Waals surface area contributed by atoms with Crippen molar-refractivity contribution in [2.45, 2.75) is 25.8 Å². The highest BCUT2D eigenvalue weighted by atomic mass is 16.5. The number of hydrogen-bond acceptors (Lipinski definition) is 4. The molecule has 1 spiro atoms. The van der Waals surface area contributed by atoms with Gasteiger partial charge in [-0.2, -0.15) is 0 Å². The molecule has 0 aromatic heterocycles. The summed E-state index contributed by atoms with van der Waals surface area (Å²) in [6.45, 7) is 4.88. The Kier molecular flexibility index (Phi) is 6.10. The molecule has 2 aliphatic rings. The molecular formula is C20H30N2O3. The van der Waals surface area contributed by atoms with Gasteiger partial charge in [0.15, 0.2) is 0 Å². The van der Waals surface area contributed by atoms with Crippen molar-refractivity contribution < 1.29 is 14.6 Å². The molecular weight excluding hydrogens is 316 g/mol. The summed E-state index contributed by atoms with van der Waals surface area (Å²) in [7, 11) is 1.55. The molecule has 0 unspecified atom stereocenters. The van der Waals surface area contributed by atoms with Gasteiger partial charge in [-0.25, -0.2) is 0 Å². The summed E-state index contributed by atoms with van der Waals surface area (Å²) < 4.78 is 4.97. The van der Waals surface area contributed by atoms with Gasteiger partial charge in [-0.15, -0.1) is 0 Å². The van der Waals surface area contributed by atoms with Crippen molar-refractivity contribution in [3.8, 4) is 0 Å². The van der Waals surface area contributed by atoms with Crippen LogP contribution in [0.25, 0.3) is 0 Å². The van der Waals surface area contributed by atoms with Gasteiger partial charge in [-0.05, 0) is 43.3 Å². The summed E-state index contributed by atoms with van der Waals surface area (Å²) in [6, 6.07) is 10.6. The molecule has 1 N–H and O–H groups in total. The average Bonchev–Trinajstić information content (AvgIpc) is 2.65. The van der Waals surface area contributed by atoms with Crippen LogP contribution in [0.4, 0.5) is 0 Å². The van der Waals surface area contributed by atoms with Gasteiger partial charge in [0, 0.05) is 39.3 Å². The van der Waals surface area contributed by atoms with E-state index >= 15 is 0 Å². The van der Waals surface area contributed by atoms with E-state index in [0.717, 1.165) is 45.4 Å². The Morgan fingerprint density at radius 3 is 2.52 bits per heavy atom. The van der Waals surface area contributed by atoms with Crippen molar-refractivity contribution in [2.75, 3.05) is 46.5 Å². The van der Waals surface area contributed by atoms with E-state index in [1.807, 2.05) is 4.90 Å². The molecule has 0 saturated carbocycles. The smallest absolute Gasteiger partial charge is 0.248 e. The van der Waals surface area contributed by atoms with E-state index in [2.05, 4.69) is 35.2 Å². The average molecular weight is 346 g/mol. The largest absolute Gasteiger partial charge is 0.396 e. The van der Waals surface area contributed by atoms with Crippen LogP contribution in [0, 0.1) is 11.3 Å². The molecule has 25 heavy (non-hydrogen) atoms. The van der Waals surface area contributed by atoms with Crippen molar-refractivity contribution in [2.24, 2.45) is 11.3 Å². The molecule has 2 heterocycles. The molecule has 1 amide bonds. The lowest BCUT2D eigenvalue weighted by Gasteiger charge is -2.51. The first kappa shape index (κ1) is 18.4. The number of rotatable bonds is 5. The van der Waals surface area contributed by atoms with Crippen LogP contribution >= 0.6 is 0 Å². The molecule has 2 aliphatic heterocycles. The van der Waals surface area contributed by atoms with Crippen molar-refractivity contribution in [3.63, 3.8) is 0 Å². The number of carbonyl (C=O) groups is 1. The first-order valence-corrected chi connectivity index (χ1v) is 9.31. The van der Waals surface area contributed by atoms with E-state index in [0.29, 0.717) is 6.54 Å². The third-order valence-electron chi connectivity index (χ3n) is 6.13. The Balaban J connectivity index is 1.57. The molecule has 2 fully saturated rings. The van der Waals surface area contributed by atoms with E-state index < -0.39 is 0 Å². The lowest BCUT2D eigenvalue weighted by atomic mass is 9.64. The summed E-state index contributed by atoms with van der Waals surface area (Å²) in [5, 5.41) is 9.96. The van der Waals surface area contributed by atoms with Gasteiger partial charge >= 0.3 is 0 Å². The summed E-state index contributed by atoms with van der Waals surface area (Å²) in [4.78, 5) is 16.5. The van der Waals surface area contributed by atoms with Gasteiger partial charge in [-0.1, -0.05) is 30.3 Å². The lowest BCUT2D eigenvalue weighted by molar-refractivity contribution is -0.141. The number of nitrogens with zero attached hydrogens (tertiary/aromatic N) is 2. The van der Waals surface area contributed by atoms with Gasteiger partial charge < -0.3 is 14.7 Å². The fourth-order valence-electron chi connectivity index (χ4n) is 4.46. The van der Waals surface area contributed by atoms with E-state index in [4.69, 9.17) is 4.74 Å². The molecule has 1 aromatic rings. The monoisotopic (exact) mass is 346 g/mol. The second kappa shape index (κ2) is 8.30. The number of ether oxygens (including phenoxy) is 1. The topological polar surface area (TPSA) is 53.0 Å². The first-order valence-electron chi connectivity index (χ1n) is 9.31. The molecule has 0 radical (unpaired) electrons. The fourth-order valence-corrected chi connectivity index (χ4v) is 4.46. The summed E-state index contributed by atoms with van der Waals surface area (Å²) >= 11 is 0. The van der Waals surface area contributed by atoms with Crippen LogP contribution in [0.15, 0.2) is 30.3 Å². The predicted octanol–water partition coefficient (Wildman–Crippen LogP) is 1.76. The number of likely N-dealkylation sites (tertiary alicyclic amines) is 2. The highest BCUT2D eigenvalue weighted by molar-refractivity contribution is 5.77. The maximum Gasteiger partial charge on any atom is 0.248 e. The van der Waals surface area contributed by atoms with Crippen molar-refractivity contribution >= 4 is 5.91 Å². The van der Waals surface area contributed by atoms with Crippen LogP contribution in [0.5, 0.6) is 0 Å². The minimum atomic E-state index is 0.0392. The standard InChI is InChI=1S/C20H30N2O3/c1-25-16-19(24)22-12-9-20(18(14-22)15-23)7-10-21(11-8-20)13-17-5-3-2-4-6-17/h2-6,18,23H,7-16H2,1H3/t18-/m1/s1. The van der Waals surface area contributed by atoms with Gasteiger partial charge in [0.2, 0.25) is 5.91 Å². The van der Waals surface area contributed by atoms with Crippen molar-refractivity contribution in [3.05, 3.63) is 35.9 Å². The zero-order valence-corrected chi connectivity index (χ0v) is 15.2. The maximum atomic E-state index is 12.1. The molecule has 0 aliphatic carbocycles. The van der Waals surface area contributed by atoms with Gasteiger partial charge in [0.1, 0.15) is 6.61 Å². The van der Waals surface area contributed by atoms with Crippen LogP contribution in [0.1, 0.15) is 24.8 Å². The number of methoxy groups -OCH3 is 1. The number of aliphatic hydroxyl groups excluding tert-OH is 1. The van der Waals surface area contributed by atoms with Gasteiger partial charge in [-0.3, -0.25) is 9.69 Å². The molecule has 1 aromatic carbocycles. The lowest BCUT2D eigenvalue weighted by Crippen LogP contribution is -2.55. The third-order valence-corrected chi connectivity index (χ3v) is 6.13. The number of piperidine rings is 2. The summed E-state index contributed by atoms with van der Waals surface area (Å²) in [5.74, 6) is 0.221. The number of carbonyl (C=O) groups excluding carboxylic acids is 1. The Labute approximate surface area is 150 Å². The Bertz CT molecular complexity index is 555. The first-order chi connectivity index (χ1) is 12.2. The highest BCUT2D eigenvalue weighted by Gasteiger charge is 2.45. The molecule has 138 valence electrons. The quantitative estimate of drug-likeness (QED) is 0.883. The van der Waals surface area contributed by atoms with E-state index in [1.165, 1.54) is 5.56 Å². The van der Waals surface area contributed by atoms with E-state index in [1.54, 1.807) is 7.11 Å². The van der Waals surface area contributed by atoms with E-state index in [-0.39, 0.29) is 30.5 Å². The molecule has 2 saturated heterocycles. The van der Waals surface area contributed by atoms with Crippen LogP contribution < -0.4 is 0 Å². The zero-order chi connectivity index (χ0) is 17.7. The minimum absolute atomic E-state index is 0.0392. The SMILES string of the molecule is COCC(=O)N1CCC2(CCN(Cc3ccccc3)CC2)[C@@H](CO)C1. The minimum Gasteiger partial charge on any atom is -0.396 e. The predicted molar refractivity (Wildman–Crippen MR) is 97.0 cm³/mol. The maximum absolute atomic E-state index is 12.1. The van der Waals surface area contributed by atoms with Crippen LogP contribution in [-0.2, 0) is 16.1 Å². The highest BCUT2D eigenvalue weighted by Crippen LogP contribution is 2.45. The van der Waals surface area contributed by atoms with Crippen LogP contribution in [0.3, 0.4) is 0 Å². The van der Waals surface area contributed by atoms with Crippen LogP contribution in [0.2, 0.25) is 0 Å². The zero-order valence-electron chi connectivity index (χ0n) is 15.2. The van der Waals surface area contributed by atoms with Crippen molar-refractivity contribution in [1.82, 2.24) is 9.80 Å². The molecule has 3 rings (SSSR count). The Morgan fingerprint density at radius 2 is 1.88 bits per heavy atom. The summed E-state index contributed by atoms with van der Waals surface area (Å²) in [6.07, 6.45) is 3.21. The van der Waals surface area contributed by atoms with Gasteiger partial charge in [0.05, 0.1) is 0 Å². The Hall–Kier alpha value is -1.43. The second-order valence-corrected chi connectivity index (χ2v) is 7.53.